The van der Waals surface area contributed by atoms with Crippen LogP contribution in [0.15, 0.2) is 77.9 Å². The van der Waals surface area contributed by atoms with Crippen molar-refractivity contribution in [3.05, 3.63) is 94.0 Å². The van der Waals surface area contributed by atoms with Gasteiger partial charge >= 0.3 is 0 Å². The summed E-state index contributed by atoms with van der Waals surface area (Å²) in [6.07, 6.45) is 1.55. The van der Waals surface area contributed by atoms with Crippen molar-refractivity contribution in [2.45, 2.75) is 6.61 Å². The molecular formula is C22H19Cl2N3O2. The van der Waals surface area contributed by atoms with E-state index < -0.39 is 0 Å². The van der Waals surface area contributed by atoms with Gasteiger partial charge in [-0.1, -0.05) is 65.7 Å². The summed E-state index contributed by atoms with van der Waals surface area (Å²) in [5, 5.41) is 7.92. The molecule has 3 aromatic rings. The lowest BCUT2D eigenvalue weighted by atomic mass is 10.2. The van der Waals surface area contributed by atoms with Crippen LogP contribution in [0.2, 0.25) is 10.0 Å². The van der Waals surface area contributed by atoms with E-state index in [0.717, 1.165) is 11.1 Å². The molecule has 7 heteroatoms. The molecule has 0 spiro atoms. The van der Waals surface area contributed by atoms with Gasteiger partial charge in [0.2, 0.25) is 0 Å². The summed E-state index contributed by atoms with van der Waals surface area (Å²) in [5.41, 5.74) is 4.93. The van der Waals surface area contributed by atoms with Gasteiger partial charge in [0.05, 0.1) is 23.5 Å². The Hall–Kier alpha value is -3.02. The topological polar surface area (TPSA) is 62.7 Å². The Morgan fingerprint density at radius 1 is 1.00 bits per heavy atom. The average molecular weight is 428 g/mol. The van der Waals surface area contributed by atoms with E-state index in [1.165, 1.54) is 0 Å². The van der Waals surface area contributed by atoms with Gasteiger partial charge in [0.15, 0.2) is 0 Å². The fourth-order valence-corrected chi connectivity index (χ4v) is 2.95. The summed E-state index contributed by atoms with van der Waals surface area (Å²) in [7, 11) is 0. The lowest BCUT2D eigenvalue weighted by Gasteiger charge is -2.09. The van der Waals surface area contributed by atoms with E-state index in [4.69, 9.17) is 27.9 Å². The van der Waals surface area contributed by atoms with E-state index in [2.05, 4.69) is 15.8 Å². The smallest absolute Gasteiger partial charge is 0.259 e. The minimum Gasteiger partial charge on any atom is -0.488 e. The highest BCUT2D eigenvalue weighted by Gasteiger charge is 2.05. The molecule has 0 saturated heterocycles. The lowest BCUT2D eigenvalue weighted by Crippen LogP contribution is -2.26. The van der Waals surface area contributed by atoms with Crippen molar-refractivity contribution >= 4 is 41.0 Å². The van der Waals surface area contributed by atoms with Crippen molar-refractivity contribution in [3.8, 4) is 5.75 Å². The van der Waals surface area contributed by atoms with Gasteiger partial charge in [-0.15, -0.1) is 0 Å². The fraction of sp³-hybridized carbons (Fsp3) is 0.0909. The fourth-order valence-electron chi connectivity index (χ4n) is 2.48. The van der Waals surface area contributed by atoms with Crippen molar-refractivity contribution < 1.29 is 9.53 Å². The van der Waals surface area contributed by atoms with Gasteiger partial charge in [-0.25, -0.2) is 5.43 Å². The highest BCUT2D eigenvalue weighted by Crippen LogP contribution is 2.25. The van der Waals surface area contributed by atoms with Gasteiger partial charge in [-0.3, -0.25) is 4.79 Å². The lowest BCUT2D eigenvalue weighted by molar-refractivity contribution is -0.119. The third kappa shape index (κ3) is 6.52. The second kappa shape index (κ2) is 10.5. The molecule has 2 N–H and O–H groups in total. The summed E-state index contributed by atoms with van der Waals surface area (Å²) in [5.74, 6) is 0.371. The first kappa shape index (κ1) is 20.7. The predicted octanol–water partition coefficient (Wildman–Crippen LogP) is 5.13. The summed E-state index contributed by atoms with van der Waals surface area (Å²) >= 11 is 11.9. The first-order valence-corrected chi connectivity index (χ1v) is 9.64. The van der Waals surface area contributed by atoms with Crippen molar-refractivity contribution in [1.82, 2.24) is 5.43 Å². The van der Waals surface area contributed by atoms with Crippen LogP contribution in [-0.2, 0) is 11.4 Å². The van der Waals surface area contributed by atoms with Crippen LogP contribution in [0.3, 0.4) is 0 Å². The molecule has 0 aliphatic heterocycles. The Labute approximate surface area is 179 Å². The summed E-state index contributed by atoms with van der Waals surface area (Å²) in [6, 6.07) is 22.4. The summed E-state index contributed by atoms with van der Waals surface area (Å²) in [4.78, 5) is 12.0. The van der Waals surface area contributed by atoms with Crippen LogP contribution in [0.25, 0.3) is 0 Å². The number of benzene rings is 3. The first-order chi connectivity index (χ1) is 14.1. The molecule has 5 nitrogen and oxygen atoms in total. The van der Waals surface area contributed by atoms with E-state index in [1.54, 1.807) is 24.4 Å². The molecule has 0 aromatic heterocycles. The average Bonchev–Trinajstić information content (AvgIpc) is 2.73. The number of para-hydroxylation sites is 1. The van der Waals surface area contributed by atoms with E-state index >= 15 is 0 Å². The number of rotatable bonds is 8. The van der Waals surface area contributed by atoms with Crippen LogP contribution in [0.5, 0.6) is 5.75 Å². The number of carbonyl (C=O) groups excluding carboxylic acids is 1. The molecule has 0 unspecified atom stereocenters. The molecule has 1 amide bonds. The van der Waals surface area contributed by atoms with E-state index in [0.29, 0.717) is 28.1 Å². The molecule has 3 aromatic carbocycles. The SMILES string of the molecule is O=C(CNc1ccc(Cl)cc1Cl)N/N=C\c1ccccc1OCc1ccccc1. The van der Waals surface area contributed by atoms with Gasteiger partial charge in [0, 0.05) is 10.6 Å². The normalized spacial score (nSPS) is 10.7. The van der Waals surface area contributed by atoms with Crippen LogP contribution in [0, 0.1) is 0 Å². The number of hydrogen-bond acceptors (Lipinski definition) is 4. The zero-order valence-electron chi connectivity index (χ0n) is 15.4. The maximum atomic E-state index is 12.0. The molecule has 0 fully saturated rings. The van der Waals surface area contributed by atoms with E-state index in [-0.39, 0.29) is 12.5 Å². The van der Waals surface area contributed by atoms with Crippen LogP contribution in [0.1, 0.15) is 11.1 Å². The van der Waals surface area contributed by atoms with Crippen molar-refractivity contribution in [1.29, 1.82) is 0 Å². The molecule has 29 heavy (non-hydrogen) atoms. The van der Waals surface area contributed by atoms with Gasteiger partial charge in [0.25, 0.3) is 5.91 Å². The maximum Gasteiger partial charge on any atom is 0.259 e. The van der Waals surface area contributed by atoms with Crippen molar-refractivity contribution in [3.63, 3.8) is 0 Å². The summed E-state index contributed by atoms with van der Waals surface area (Å²) in [6.45, 7) is 0.467. The number of carbonyl (C=O) groups is 1. The molecule has 3 rings (SSSR count). The molecular weight excluding hydrogens is 409 g/mol. The standard InChI is InChI=1S/C22H19Cl2N3O2/c23-18-10-11-20(19(24)12-18)25-14-22(28)27-26-13-17-8-4-5-9-21(17)29-15-16-6-2-1-3-7-16/h1-13,25H,14-15H2,(H,27,28)/b26-13-. The number of hydrazone groups is 1. The molecule has 0 heterocycles. The van der Waals surface area contributed by atoms with Crippen LogP contribution < -0.4 is 15.5 Å². The van der Waals surface area contributed by atoms with Crippen LogP contribution in [-0.4, -0.2) is 18.7 Å². The zero-order chi connectivity index (χ0) is 20.5. The number of anilines is 1. The Morgan fingerprint density at radius 2 is 1.76 bits per heavy atom. The predicted molar refractivity (Wildman–Crippen MR) is 118 cm³/mol. The third-order valence-corrected chi connectivity index (χ3v) is 4.47. The van der Waals surface area contributed by atoms with Crippen molar-refractivity contribution in [2.75, 3.05) is 11.9 Å². The Morgan fingerprint density at radius 3 is 2.55 bits per heavy atom. The molecule has 0 bridgehead atoms. The second-order valence-electron chi connectivity index (χ2n) is 6.08. The molecule has 0 aliphatic carbocycles. The molecule has 0 radical (unpaired) electrons. The minimum absolute atomic E-state index is 0.0187. The second-order valence-corrected chi connectivity index (χ2v) is 6.93. The monoisotopic (exact) mass is 427 g/mol. The third-order valence-electron chi connectivity index (χ3n) is 3.92. The van der Waals surface area contributed by atoms with Gasteiger partial charge in [0.1, 0.15) is 12.4 Å². The van der Waals surface area contributed by atoms with Gasteiger partial charge < -0.3 is 10.1 Å². The Kier molecular flexibility index (Phi) is 7.50. The first-order valence-electron chi connectivity index (χ1n) is 8.88. The largest absolute Gasteiger partial charge is 0.488 e. The Balaban J connectivity index is 1.52. The Bertz CT molecular complexity index is 994. The molecule has 148 valence electrons. The van der Waals surface area contributed by atoms with E-state index in [9.17, 15) is 4.79 Å². The van der Waals surface area contributed by atoms with Gasteiger partial charge in [-0.05, 0) is 35.9 Å². The van der Waals surface area contributed by atoms with Crippen LogP contribution in [0.4, 0.5) is 5.69 Å². The highest BCUT2D eigenvalue weighted by molar-refractivity contribution is 6.36. The molecule has 0 saturated carbocycles. The zero-order valence-corrected chi connectivity index (χ0v) is 17.0. The number of ether oxygens (including phenoxy) is 1. The van der Waals surface area contributed by atoms with Crippen molar-refractivity contribution in [2.24, 2.45) is 5.10 Å². The quantitative estimate of drug-likeness (QED) is 0.386. The number of halogens is 2. The number of amides is 1. The highest BCUT2D eigenvalue weighted by atomic mass is 35.5. The van der Waals surface area contributed by atoms with E-state index in [1.807, 2.05) is 54.6 Å². The number of nitrogens with zero attached hydrogens (tertiary/aromatic N) is 1. The number of hydrogen-bond donors (Lipinski definition) is 2. The van der Waals surface area contributed by atoms with Gasteiger partial charge in [-0.2, -0.15) is 5.10 Å². The maximum absolute atomic E-state index is 12.0. The molecule has 0 aliphatic rings. The number of nitrogens with one attached hydrogen (secondary N) is 2. The van der Waals surface area contributed by atoms with Crippen LogP contribution >= 0.6 is 23.2 Å². The minimum atomic E-state index is -0.310. The molecule has 0 atom stereocenters. The summed E-state index contributed by atoms with van der Waals surface area (Å²) < 4.78 is 5.87.